The van der Waals surface area contributed by atoms with Crippen LogP contribution in [0.3, 0.4) is 0 Å². The Morgan fingerprint density at radius 2 is 2.00 bits per heavy atom. The Balaban J connectivity index is 1.62. The van der Waals surface area contributed by atoms with Crippen LogP contribution < -0.4 is 0 Å². The Kier molecular flexibility index (Phi) is 4.87. The van der Waals surface area contributed by atoms with Gasteiger partial charge in [0.2, 0.25) is 11.8 Å². The van der Waals surface area contributed by atoms with Crippen LogP contribution in [0.25, 0.3) is 0 Å². The third-order valence-electron chi connectivity index (χ3n) is 5.18. The number of hydrogen-bond acceptors (Lipinski definition) is 5. The minimum atomic E-state index is -0.783. The highest BCUT2D eigenvalue weighted by atomic mass is 16.5. The van der Waals surface area contributed by atoms with Crippen LogP contribution in [0, 0.1) is 11.8 Å². The lowest BCUT2D eigenvalue weighted by Gasteiger charge is -2.33. The molecule has 24 heavy (non-hydrogen) atoms. The predicted molar refractivity (Wildman–Crippen MR) is 85.4 cm³/mol. The summed E-state index contributed by atoms with van der Waals surface area (Å²) in [4.78, 5) is 30.2. The van der Waals surface area contributed by atoms with Gasteiger partial charge in [-0.2, -0.15) is 4.98 Å². The second-order valence-corrected chi connectivity index (χ2v) is 7.31. The highest BCUT2D eigenvalue weighted by molar-refractivity contribution is 5.81. The number of carboxylic acid groups (broad SMARTS) is 1. The Morgan fingerprint density at radius 1 is 1.25 bits per heavy atom. The van der Waals surface area contributed by atoms with Crippen molar-refractivity contribution in [3.05, 3.63) is 11.7 Å². The summed E-state index contributed by atoms with van der Waals surface area (Å²) in [7, 11) is 0. The third-order valence-corrected chi connectivity index (χ3v) is 5.18. The molecule has 1 aliphatic heterocycles. The molecule has 1 unspecified atom stereocenters. The molecule has 1 aromatic heterocycles. The van der Waals surface area contributed by atoms with Crippen LogP contribution in [-0.2, 0) is 9.59 Å². The Bertz CT molecular complexity index is 613. The molecule has 132 valence electrons. The van der Waals surface area contributed by atoms with Gasteiger partial charge in [-0.15, -0.1) is 0 Å². The van der Waals surface area contributed by atoms with Crippen molar-refractivity contribution in [1.82, 2.24) is 15.0 Å². The molecule has 3 atom stereocenters. The van der Waals surface area contributed by atoms with E-state index in [9.17, 15) is 9.59 Å². The van der Waals surface area contributed by atoms with Crippen LogP contribution in [0.2, 0.25) is 0 Å². The maximum absolute atomic E-state index is 12.7. The van der Waals surface area contributed by atoms with Crippen LogP contribution in [-0.4, -0.2) is 45.1 Å². The minimum Gasteiger partial charge on any atom is -0.481 e. The van der Waals surface area contributed by atoms with Gasteiger partial charge >= 0.3 is 5.97 Å². The summed E-state index contributed by atoms with van der Waals surface area (Å²) in [6, 6.07) is 0. The fourth-order valence-electron chi connectivity index (χ4n) is 3.72. The minimum absolute atomic E-state index is 0.0935. The van der Waals surface area contributed by atoms with E-state index in [-0.39, 0.29) is 29.6 Å². The van der Waals surface area contributed by atoms with E-state index in [1.165, 1.54) is 0 Å². The number of amides is 1. The molecule has 7 nitrogen and oxygen atoms in total. The Hall–Kier alpha value is -1.92. The van der Waals surface area contributed by atoms with Gasteiger partial charge in [0.1, 0.15) is 0 Å². The third kappa shape index (κ3) is 3.44. The quantitative estimate of drug-likeness (QED) is 0.907. The molecular weight excluding hydrogens is 310 g/mol. The molecule has 7 heteroatoms. The maximum atomic E-state index is 12.7. The number of hydrogen-bond donors (Lipinski definition) is 1. The Morgan fingerprint density at radius 3 is 2.62 bits per heavy atom. The molecule has 2 fully saturated rings. The van der Waals surface area contributed by atoms with Gasteiger partial charge < -0.3 is 14.5 Å². The predicted octanol–water partition coefficient (Wildman–Crippen LogP) is 2.40. The molecule has 1 aromatic rings. The summed E-state index contributed by atoms with van der Waals surface area (Å²) < 4.78 is 5.29. The van der Waals surface area contributed by atoms with E-state index >= 15 is 0 Å². The number of aromatic nitrogens is 2. The highest BCUT2D eigenvalue weighted by Gasteiger charge is 2.37. The van der Waals surface area contributed by atoms with Crippen molar-refractivity contribution < 1.29 is 19.2 Å². The van der Waals surface area contributed by atoms with E-state index in [4.69, 9.17) is 9.63 Å². The van der Waals surface area contributed by atoms with Gasteiger partial charge in [-0.1, -0.05) is 19.0 Å². The number of carbonyl (C=O) groups is 2. The molecule has 1 N–H and O–H groups in total. The summed E-state index contributed by atoms with van der Waals surface area (Å²) in [5.41, 5.74) is 0. The molecule has 0 radical (unpaired) electrons. The first-order chi connectivity index (χ1) is 11.5. The van der Waals surface area contributed by atoms with Gasteiger partial charge in [0.25, 0.3) is 0 Å². The zero-order valence-corrected chi connectivity index (χ0v) is 14.3. The van der Waals surface area contributed by atoms with Crippen LogP contribution in [0.5, 0.6) is 0 Å². The summed E-state index contributed by atoms with van der Waals surface area (Å²) in [5, 5.41) is 13.2. The number of aliphatic carboxylic acids is 1. The second-order valence-electron chi connectivity index (χ2n) is 7.31. The molecule has 0 aromatic carbocycles. The number of rotatable bonds is 4. The standard InChI is InChI=1S/C17H25N3O4/c1-10(2)15-18-14(19-24-15)13-4-3-7-20(9-13)16(21)11-5-6-12(8-11)17(22)23/h10-13H,3-9H2,1-2H3,(H,22,23)/t11-,12+,13?/m1/s1. The van der Waals surface area contributed by atoms with Gasteiger partial charge in [0.05, 0.1) is 5.92 Å². The first kappa shape index (κ1) is 16.9. The summed E-state index contributed by atoms with van der Waals surface area (Å²) in [6.07, 6.45) is 3.61. The van der Waals surface area contributed by atoms with Crippen LogP contribution >= 0.6 is 0 Å². The number of likely N-dealkylation sites (tertiary alicyclic amines) is 1. The smallest absolute Gasteiger partial charge is 0.306 e. The molecule has 3 rings (SSSR count). The number of piperidine rings is 1. The fourth-order valence-corrected chi connectivity index (χ4v) is 3.72. The molecule has 0 spiro atoms. The molecule has 1 amide bonds. The van der Waals surface area contributed by atoms with Gasteiger partial charge in [-0.05, 0) is 32.1 Å². The SMILES string of the molecule is CC(C)c1nc(C2CCCN(C(=O)[C@@H]3CC[C@H](C(=O)O)C3)C2)no1. The summed E-state index contributed by atoms with van der Waals surface area (Å²) >= 11 is 0. The molecule has 1 aliphatic carbocycles. The van der Waals surface area contributed by atoms with E-state index < -0.39 is 5.97 Å². The highest BCUT2D eigenvalue weighted by Crippen LogP contribution is 2.34. The average Bonchev–Trinajstić information content (AvgIpc) is 3.24. The zero-order valence-electron chi connectivity index (χ0n) is 14.3. The lowest BCUT2D eigenvalue weighted by molar-refractivity contribution is -0.141. The van der Waals surface area contributed by atoms with Gasteiger partial charge in [-0.3, -0.25) is 9.59 Å². The molecule has 1 saturated heterocycles. The molecular formula is C17H25N3O4. The lowest BCUT2D eigenvalue weighted by Crippen LogP contribution is -2.42. The van der Waals surface area contributed by atoms with Crippen LogP contribution in [0.1, 0.15) is 69.5 Å². The number of nitrogens with zero attached hydrogens (tertiary/aromatic N) is 3. The van der Waals surface area contributed by atoms with Crippen LogP contribution in [0.4, 0.5) is 0 Å². The normalized spacial score (nSPS) is 27.6. The van der Waals surface area contributed by atoms with E-state index in [1.807, 2.05) is 18.7 Å². The summed E-state index contributed by atoms with van der Waals surface area (Å²) in [6.45, 7) is 5.35. The molecule has 2 aliphatic rings. The van der Waals surface area contributed by atoms with Crippen molar-refractivity contribution in [2.24, 2.45) is 11.8 Å². The van der Waals surface area contributed by atoms with Crippen LogP contribution in [0.15, 0.2) is 4.52 Å². The van der Waals surface area contributed by atoms with E-state index in [0.717, 1.165) is 19.4 Å². The van der Waals surface area contributed by atoms with Crippen molar-refractivity contribution in [2.45, 2.75) is 57.8 Å². The monoisotopic (exact) mass is 335 g/mol. The number of carbonyl (C=O) groups excluding carboxylic acids is 1. The number of carboxylic acids is 1. The van der Waals surface area contributed by atoms with Crippen molar-refractivity contribution in [3.8, 4) is 0 Å². The molecule has 2 heterocycles. The van der Waals surface area contributed by atoms with Gasteiger partial charge in [-0.25, -0.2) is 0 Å². The second kappa shape index (κ2) is 6.91. The lowest BCUT2D eigenvalue weighted by atomic mass is 9.95. The largest absolute Gasteiger partial charge is 0.481 e. The Labute approximate surface area is 141 Å². The van der Waals surface area contributed by atoms with Crippen molar-refractivity contribution in [1.29, 1.82) is 0 Å². The van der Waals surface area contributed by atoms with E-state index in [0.29, 0.717) is 37.5 Å². The van der Waals surface area contributed by atoms with Crippen molar-refractivity contribution >= 4 is 11.9 Å². The first-order valence-corrected chi connectivity index (χ1v) is 8.80. The molecule has 0 bridgehead atoms. The van der Waals surface area contributed by atoms with Gasteiger partial charge in [0.15, 0.2) is 5.82 Å². The average molecular weight is 335 g/mol. The van der Waals surface area contributed by atoms with E-state index in [1.54, 1.807) is 0 Å². The van der Waals surface area contributed by atoms with E-state index in [2.05, 4.69) is 10.1 Å². The zero-order chi connectivity index (χ0) is 17.3. The maximum Gasteiger partial charge on any atom is 0.306 e. The fraction of sp³-hybridized carbons (Fsp3) is 0.765. The first-order valence-electron chi connectivity index (χ1n) is 8.80. The topological polar surface area (TPSA) is 96.5 Å². The van der Waals surface area contributed by atoms with Crippen molar-refractivity contribution in [3.63, 3.8) is 0 Å². The molecule has 1 saturated carbocycles. The van der Waals surface area contributed by atoms with Gasteiger partial charge in [0, 0.05) is 30.8 Å². The summed E-state index contributed by atoms with van der Waals surface area (Å²) in [5.74, 6) is 0.409. The van der Waals surface area contributed by atoms with Crippen molar-refractivity contribution in [2.75, 3.05) is 13.1 Å².